The molecule has 0 saturated heterocycles. The first-order chi connectivity index (χ1) is 28.4. The predicted molar refractivity (Wildman–Crippen MR) is 240 cm³/mol. The molecule has 0 fully saturated rings. The lowest BCUT2D eigenvalue weighted by Gasteiger charge is -2.24. The molecule has 0 bridgehead atoms. The van der Waals surface area contributed by atoms with Crippen LogP contribution in [-0.2, 0) is 13.1 Å². The van der Waals surface area contributed by atoms with Crippen molar-refractivity contribution in [2.45, 2.75) is 32.7 Å². The lowest BCUT2D eigenvalue weighted by molar-refractivity contribution is -0.387. The molecule has 0 aliphatic rings. The fourth-order valence-electron chi connectivity index (χ4n) is 5.22. The summed E-state index contributed by atoms with van der Waals surface area (Å²) in [5.74, 6) is 1.04. The second-order valence-electron chi connectivity index (χ2n) is 12.3. The second kappa shape index (κ2) is 22.7. The molecule has 0 N–H and O–H groups in total. The highest BCUT2D eigenvalue weighted by Gasteiger charge is 2.22. The van der Waals surface area contributed by atoms with Gasteiger partial charge in [0, 0.05) is 68.6 Å². The Balaban J connectivity index is 1.39. The van der Waals surface area contributed by atoms with Crippen LogP contribution in [-0.4, -0.2) is 72.0 Å². The number of hydrogen-bond acceptors (Lipinski definition) is 18. The summed E-state index contributed by atoms with van der Waals surface area (Å²) in [5.41, 5.74) is 2.14. The van der Waals surface area contributed by atoms with Gasteiger partial charge in [-0.05, 0) is 60.3 Å². The van der Waals surface area contributed by atoms with Crippen LogP contribution in [0.3, 0.4) is 0 Å². The van der Waals surface area contributed by atoms with Crippen molar-refractivity contribution < 1.29 is 19.7 Å². The number of benzene rings is 4. The summed E-state index contributed by atoms with van der Waals surface area (Å²) in [5, 5.41) is 47.0. The summed E-state index contributed by atoms with van der Waals surface area (Å²) in [6.07, 6.45) is 0. The maximum Gasteiger partial charge on any atom is 0.284 e. The van der Waals surface area contributed by atoms with Crippen molar-refractivity contribution in [2.75, 3.05) is 43.6 Å². The summed E-state index contributed by atoms with van der Waals surface area (Å²) < 4.78 is 3.94. The second-order valence-corrected chi connectivity index (χ2v) is 19.5. The van der Waals surface area contributed by atoms with Crippen LogP contribution in [0, 0.1) is 40.5 Å². The van der Waals surface area contributed by atoms with Crippen LogP contribution < -0.4 is 4.90 Å². The third-order valence-electron chi connectivity index (χ3n) is 7.96. The van der Waals surface area contributed by atoms with E-state index in [1.807, 2.05) is 39.7 Å². The Kier molecular flexibility index (Phi) is 17.5. The molecule has 0 aliphatic heterocycles. The zero-order valence-corrected chi connectivity index (χ0v) is 36.3. The molecular weight excluding hydrogens is 877 g/mol. The van der Waals surface area contributed by atoms with Crippen molar-refractivity contribution in [1.82, 2.24) is 13.6 Å². The van der Waals surface area contributed by atoms with E-state index in [4.69, 9.17) is 4.98 Å². The molecule has 22 heteroatoms. The van der Waals surface area contributed by atoms with E-state index in [2.05, 4.69) is 0 Å². The highest BCUT2D eigenvalue weighted by molar-refractivity contribution is 8.77. The van der Waals surface area contributed by atoms with E-state index in [1.165, 1.54) is 91.3 Å². The lowest BCUT2D eigenvalue weighted by Crippen LogP contribution is -2.22. The average molecular weight is 913 g/mol. The third kappa shape index (κ3) is 13.7. The maximum atomic E-state index is 11.9. The Labute approximate surface area is 363 Å². The molecular formula is C37H36N8O8S6. The predicted octanol–water partition coefficient (Wildman–Crippen LogP) is 10.7. The molecule has 0 atom stereocenters. The van der Waals surface area contributed by atoms with Gasteiger partial charge in [-0.25, -0.2) is 8.61 Å². The zero-order valence-electron chi connectivity index (χ0n) is 31.4. The zero-order chi connectivity index (χ0) is 42.3. The standard InChI is InChI=1S/C37H36N8O8S6/c1-39(2)29-23-27(25-40(56-34-15-7-3-11-30(34)42(46)47)19-21-54-58-36-17-9-5-13-32(36)44(50)51)38-28(24-29)26-41(57-35-16-8-4-12-31(35)43(48)49)20-22-55-59-37-18-10-6-14-33(37)45(52)53/h3-18,23-24H,19-22,25-26H2,1-2H3. The molecule has 59 heavy (non-hydrogen) atoms. The number of nitro groups is 4. The van der Waals surface area contributed by atoms with E-state index in [0.717, 1.165) is 5.69 Å². The van der Waals surface area contributed by atoms with E-state index in [1.54, 1.807) is 72.8 Å². The summed E-state index contributed by atoms with van der Waals surface area (Å²) >= 11 is 2.46. The van der Waals surface area contributed by atoms with Crippen LogP contribution in [0.1, 0.15) is 11.4 Å². The topological polar surface area (TPSA) is 195 Å². The van der Waals surface area contributed by atoms with Gasteiger partial charge in [0.15, 0.2) is 0 Å². The van der Waals surface area contributed by atoms with Crippen molar-refractivity contribution in [2.24, 2.45) is 0 Å². The fourth-order valence-corrected chi connectivity index (χ4v) is 11.8. The quantitative estimate of drug-likeness (QED) is 0.0197. The minimum Gasteiger partial charge on any atom is -0.378 e. The number of nitrogens with zero attached hydrogens (tertiary/aromatic N) is 8. The molecule has 0 aliphatic carbocycles. The molecule has 0 unspecified atom stereocenters. The van der Waals surface area contributed by atoms with E-state index >= 15 is 0 Å². The normalized spacial score (nSPS) is 11.2. The summed E-state index contributed by atoms with van der Waals surface area (Å²) in [7, 11) is 9.24. The van der Waals surface area contributed by atoms with Crippen LogP contribution in [0.5, 0.6) is 0 Å². The smallest absolute Gasteiger partial charge is 0.284 e. The van der Waals surface area contributed by atoms with E-state index in [0.29, 0.717) is 55.6 Å². The van der Waals surface area contributed by atoms with E-state index in [-0.39, 0.29) is 35.8 Å². The largest absolute Gasteiger partial charge is 0.378 e. The van der Waals surface area contributed by atoms with E-state index in [9.17, 15) is 40.5 Å². The number of pyridine rings is 1. The molecule has 5 aromatic rings. The monoisotopic (exact) mass is 912 g/mol. The summed E-state index contributed by atoms with van der Waals surface area (Å²) in [6, 6.07) is 29.8. The molecule has 1 heterocycles. The van der Waals surface area contributed by atoms with Crippen LogP contribution in [0.4, 0.5) is 28.4 Å². The Morgan fingerprint density at radius 1 is 0.508 bits per heavy atom. The van der Waals surface area contributed by atoms with Gasteiger partial charge in [0.25, 0.3) is 22.7 Å². The number of para-hydroxylation sites is 4. The average Bonchev–Trinajstić information content (AvgIpc) is 3.21. The molecule has 0 saturated carbocycles. The third-order valence-corrected chi connectivity index (χ3v) is 14.9. The first-order valence-corrected chi connectivity index (χ1v) is 23.6. The van der Waals surface area contributed by atoms with Gasteiger partial charge in [0.2, 0.25) is 0 Å². The van der Waals surface area contributed by atoms with Crippen molar-refractivity contribution in [3.63, 3.8) is 0 Å². The van der Waals surface area contributed by atoms with Gasteiger partial charge in [-0.1, -0.05) is 91.7 Å². The van der Waals surface area contributed by atoms with Gasteiger partial charge >= 0.3 is 0 Å². The molecule has 0 spiro atoms. The molecule has 0 amide bonds. The Morgan fingerprint density at radius 2 is 0.831 bits per heavy atom. The van der Waals surface area contributed by atoms with Gasteiger partial charge < -0.3 is 4.90 Å². The number of hydrogen-bond donors (Lipinski definition) is 0. The molecule has 5 rings (SSSR count). The van der Waals surface area contributed by atoms with Gasteiger partial charge in [-0.3, -0.25) is 45.4 Å². The molecule has 0 radical (unpaired) electrons. The molecule has 1 aromatic heterocycles. The summed E-state index contributed by atoms with van der Waals surface area (Å²) in [4.78, 5) is 54.2. The summed E-state index contributed by atoms with van der Waals surface area (Å²) in [6.45, 7) is 1.43. The molecule has 308 valence electrons. The Morgan fingerprint density at radius 3 is 1.17 bits per heavy atom. The highest BCUT2D eigenvalue weighted by Crippen LogP contribution is 2.40. The van der Waals surface area contributed by atoms with Crippen molar-refractivity contribution >= 4 is 95.5 Å². The minimum absolute atomic E-state index is 0.0139. The number of rotatable bonds is 23. The van der Waals surface area contributed by atoms with Gasteiger partial charge in [-0.2, -0.15) is 0 Å². The fraction of sp³-hybridized carbons (Fsp3) is 0.216. The number of aromatic nitrogens is 1. The number of nitro benzene ring substituents is 4. The molecule has 4 aromatic carbocycles. The van der Waals surface area contributed by atoms with Crippen molar-refractivity contribution in [3.05, 3.63) is 161 Å². The van der Waals surface area contributed by atoms with Gasteiger partial charge in [0.1, 0.15) is 9.79 Å². The van der Waals surface area contributed by atoms with Gasteiger partial charge in [-0.15, -0.1) is 0 Å². The first-order valence-electron chi connectivity index (χ1n) is 17.4. The molecule has 16 nitrogen and oxygen atoms in total. The van der Waals surface area contributed by atoms with Crippen molar-refractivity contribution in [1.29, 1.82) is 0 Å². The lowest BCUT2D eigenvalue weighted by atomic mass is 10.2. The minimum atomic E-state index is -0.427. The van der Waals surface area contributed by atoms with Crippen LogP contribution in [0.2, 0.25) is 0 Å². The van der Waals surface area contributed by atoms with Crippen LogP contribution >= 0.6 is 67.1 Å². The van der Waals surface area contributed by atoms with Crippen LogP contribution in [0.25, 0.3) is 0 Å². The van der Waals surface area contributed by atoms with Gasteiger partial charge in [0.05, 0.1) is 54.0 Å². The Hall–Kier alpha value is -4.55. The highest BCUT2D eigenvalue weighted by atomic mass is 33.1. The van der Waals surface area contributed by atoms with E-state index < -0.39 is 19.7 Å². The first kappa shape index (κ1) is 45.5. The SMILES string of the molecule is CN(C)c1cc(CN(CCSSc2ccccc2[N+](=O)[O-])Sc2ccccc2[N+](=O)[O-])nc(CN(CCSSc2ccccc2[N+](=O)[O-])Sc2ccccc2[N+](=O)[O-])c1. The maximum absolute atomic E-state index is 11.9. The Bertz CT molecular complexity index is 2130. The number of anilines is 1. The van der Waals surface area contributed by atoms with Crippen molar-refractivity contribution in [3.8, 4) is 0 Å². The van der Waals surface area contributed by atoms with Crippen LogP contribution in [0.15, 0.2) is 129 Å².